The van der Waals surface area contributed by atoms with Gasteiger partial charge in [0.2, 0.25) is 11.7 Å². The van der Waals surface area contributed by atoms with Crippen LogP contribution in [-0.4, -0.2) is 28.6 Å². The van der Waals surface area contributed by atoms with E-state index in [9.17, 15) is 9.59 Å². The molecule has 0 saturated carbocycles. The lowest BCUT2D eigenvalue weighted by atomic mass is 9.99. The molecule has 1 atom stereocenters. The van der Waals surface area contributed by atoms with E-state index in [0.717, 1.165) is 16.7 Å². The maximum atomic E-state index is 12.5. The summed E-state index contributed by atoms with van der Waals surface area (Å²) >= 11 is 0. The van der Waals surface area contributed by atoms with Gasteiger partial charge in [0, 0.05) is 12.0 Å². The molecule has 1 aromatic heterocycles. The molecule has 0 aliphatic heterocycles. The summed E-state index contributed by atoms with van der Waals surface area (Å²) in [4.78, 5) is 29.0. The molecule has 0 aliphatic carbocycles. The summed E-state index contributed by atoms with van der Waals surface area (Å²) in [6, 6.07) is 28.8. The number of hydrogen-bond donors (Lipinski definition) is 1. The second-order valence-electron chi connectivity index (χ2n) is 7.76. The number of esters is 1. The lowest BCUT2D eigenvalue weighted by molar-refractivity contribution is -0.148. The summed E-state index contributed by atoms with van der Waals surface area (Å²) in [7, 11) is 0. The van der Waals surface area contributed by atoms with Gasteiger partial charge >= 0.3 is 5.97 Å². The van der Waals surface area contributed by atoms with E-state index in [1.807, 2.05) is 91.0 Å². The number of carbonyl (C=O) groups excluding carboxylic acids is 2. The van der Waals surface area contributed by atoms with E-state index in [2.05, 4.69) is 15.5 Å². The zero-order valence-corrected chi connectivity index (χ0v) is 18.6. The SMILES string of the molecule is O=C(COC(=O)CCc1nc(-c2ccccc2)no1)NC(Cc1ccccc1)c1ccccc1. The fourth-order valence-electron chi connectivity index (χ4n) is 3.51. The molecule has 0 radical (unpaired) electrons. The first-order valence-electron chi connectivity index (χ1n) is 11.1. The summed E-state index contributed by atoms with van der Waals surface area (Å²) in [6.07, 6.45) is 0.905. The molecule has 7 heteroatoms. The number of rotatable bonds is 10. The van der Waals surface area contributed by atoms with Crippen molar-refractivity contribution in [1.29, 1.82) is 0 Å². The zero-order chi connectivity index (χ0) is 23.6. The van der Waals surface area contributed by atoms with Crippen molar-refractivity contribution in [2.75, 3.05) is 6.61 Å². The predicted molar refractivity (Wildman–Crippen MR) is 126 cm³/mol. The van der Waals surface area contributed by atoms with Crippen molar-refractivity contribution in [3.05, 3.63) is 108 Å². The van der Waals surface area contributed by atoms with Crippen LogP contribution in [0.15, 0.2) is 95.5 Å². The van der Waals surface area contributed by atoms with Crippen LogP contribution in [0, 0.1) is 0 Å². The third-order valence-electron chi connectivity index (χ3n) is 5.23. The van der Waals surface area contributed by atoms with E-state index in [1.54, 1.807) is 0 Å². The van der Waals surface area contributed by atoms with E-state index >= 15 is 0 Å². The van der Waals surface area contributed by atoms with Crippen molar-refractivity contribution in [3.63, 3.8) is 0 Å². The predicted octanol–water partition coefficient (Wildman–Crippen LogP) is 4.31. The van der Waals surface area contributed by atoms with Gasteiger partial charge in [0.15, 0.2) is 6.61 Å². The van der Waals surface area contributed by atoms with E-state index in [-0.39, 0.29) is 31.4 Å². The minimum atomic E-state index is -0.506. The number of nitrogens with one attached hydrogen (secondary N) is 1. The minimum Gasteiger partial charge on any atom is -0.456 e. The molecule has 4 aromatic rings. The molecule has 0 saturated heterocycles. The normalized spacial score (nSPS) is 11.5. The standard InChI is InChI=1S/C27H25N3O4/c31-24(28-23(21-12-6-2-7-13-21)18-20-10-4-1-5-11-20)19-33-26(32)17-16-25-29-27(30-34-25)22-14-8-3-9-15-22/h1-15,23H,16-19H2,(H,28,31). The molecule has 34 heavy (non-hydrogen) atoms. The number of aromatic nitrogens is 2. The highest BCUT2D eigenvalue weighted by atomic mass is 16.5. The number of amides is 1. The summed E-state index contributed by atoms with van der Waals surface area (Å²) in [5.74, 6) is -0.0582. The number of carbonyl (C=O) groups is 2. The van der Waals surface area contributed by atoms with E-state index in [1.165, 1.54) is 0 Å². The quantitative estimate of drug-likeness (QED) is 0.358. The Balaban J connectivity index is 1.26. The second kappa shape index (κ2) is 11.6. The molecule has 1 N–H and O–H groups in total. The molecule has 4 rings (SSSR count). The van der Waals surface area contributed by atoms with Crippen LogP contribution in [-0.2, 0) is 27.2 Å². The molecular formula is C27H25N3O4. The number of benzene rings is 3. The second-order valence-corrected chi connectivity index (χ2v) is 7.76. The van der Waals surface area contributed by atoms with E-state index in [0.29, 0.717) is 18.1 Å². The molecule has 1 amide bonds. The fourth-order valence-corrected chi connectivity index (χ4v) is 3.51. The molecule has 0 aliphatic rings. The Morgan fingerprint density at radius 1 is 0.882 bits per heavy atom. The van der Waals surface area contributed by atoms with Gasteiger partial charge in [-0.25, -0.2) is 0 Å². The number of nitrogens with zero attached hydrogens (tertiary/aromatic N) is 2. The Bertz CT molecular complexity index is 1190. The maximum absolute atomic E-state index is 12.5. The Labute approximate surface area is 197 Å². The number of aryl methyl sites for hydroxylation is 1. The lowest BCUT2D eigenvalue weighted by Crippen LogP contribution is -2.33. The first-order chi connectivity index (χ1) is 16.7. The van der Waals surface area contributed by atoms with Gasteiger partial charge in [0.05, 0.1) is 12.5 Å². The van der Waals surface area contributed by atoms with Crippen molar-refractivity contribution in [2.24, 2.45) is 0 Å². The fraction of sp³-hybridized carbons (Fsp3) is 0.185. The van der Waals surface area contributed by atoms with Gasteiger partial charge in [0.1, 0.15) is 0 Å². The molecule has 0 fully saturated rings. The summed E-state index contributed by atoms with van der Waals surface area (Å²) in [6.45, 7) is -0.351. The molecule has 172 valence electrons. The first kappa shape index (κ1) is 22.9. The Morgan fingerprint density at radius 3 is 2.24 bits per heavy atom. The Kier molecular flexibility index (Phi) is 7.79. The van der Waals surface area contributed by atoms with Crippen molar-refractivity contribution in [2.45, 2.75) is 25.3 Å². The molecule has 7 nitrogen and oxygen atoms in total. The van der Waals surface area contributed by atoms with Gasteiger partial charge < -0.3 is 14.6 Å². The Hall–Kier alpha value is -4.26. The minimum absolute atomic E-state index is 0.0375. The van der Waals surface area contributed by atoms with E-state index < -0.39 is 5.97 Å². The van der Waals surface area contributed by atoms with Gasteiger partial charge in [-0.2, -0.15) is 4.98 Å². The van der Waals surface area contributed by atoms with Crippen LogP contribution in [0.3, 0.4) is 0 Å². The summed E-state index contributed by atoms with van der Waals surface area (Å²) < 4.78 is 10.4. The van der Waals surface area contributed by atoms with Crippen molar-refractivity contribution < 1.29 is 18.8 Å². The highest BCUT2D eigenvalue weighted by Crippen LogP contribution is 2.18. The third kappa shape index (κ3) is 6.62. The maximum Gasteiger partial charge on any atom is 0.306 e. The molecule has 3 aromatic carbocycles. The smallest absolute Gasteiger partial charge is 0.306 e. The molecule has 1 heterocycles. The third-order valence-corrected chi connectivity index (χ3v) is 5.23. The van der Waals surface area contributed by atoms with Crippen LogP contribution in [0.1, 0.15) is 29.5 Å². The van der Waals surface area contributed by atoms with Crippen LogP contribution < -0.4 is 5.32 Å². The van der Waals surface area contributed by atoms with Gasteiger partial charge in [-0.1, -0.05) is 96.2 Å². The highest BCUT2D eigenvalue weighted by molar-refractivity contribution is 5.81. The number of ether oxygens (including phenoxy) is 1. The van der Waals surface area contributed by atoms with Crippen LogP contribution in [0.25, 0.3) is 11.4 Å². The molecule has 1 unspecified atom stereocenters. The largest absolute Gasteiger partial charge is 0.456 e. The summed E-state index contributed by atoms with van der Waals surface area (Å²) in [5.41, 5.74) is 2.92. The van der Waals surface area contributed by atoms with E-state index in [4.69, 9.17) is 9.26 Å². The van der Waals surface area contributed by atoms with Crippen LogP contribution >= 0.6 is 0 Å². The van der Waals surface area contributed by atoms with Crippen LogP contribution in [0.4, 0.5) is 0 Å². The van der Waals surface area contributed by atoms with Crippen molar-refractivity contribution >= 4 is 11.9 Å². The van der Waals surface area contributed by atoms with Crippen molar-refractivity contribution in [1.82, 2.24) is 15.5 Å². The van der Waals surface area contributed by atoms with Crippen LogP contribution in [0.2, 0.25) is 0 Å². The monoisotopic (exact) mass is 455 g/mol. The highest BCUT2D eigenvalue weighted by Gasteiger charge is 2.17. The topological polar surface area (TPSA) is 94.3 Å². The van der Waals surface area contributed by atoms with Gasteiger partial charge in [0.25, 0.3) is 5.91 Å². The molecule has 0 spiro atoms. The van der Waals surface area contributed by atoms with Gasteiger partial charge in [-0.3, -0.25) is 9.59 Å². The number of hydrogen-bond acceptors (Lipinski definition) is 6. The average Bonchev–Trinajstić information content (AvgIpc) is 3.37. The van der Waals surface area contributed by atoms with Crippen LogP contribution in [0.5, 0.6) is 0 Å². The lowest BCUT2D eigenvalue weighted by Gasteiger charge is -2.19. The Morgan fingerprint density at radius 2 is 1.53 bits per heavy atom. The summed E-state index contributed by atoms with van der Waals surface area (Å²) in [5, 5.41) is 6.91. The zero-order valence-electron chi connectivity index (χ0n) is 18.6. The molecular weight excluding hydrogens is 430 g/mol. The van der Waals surface area contributed by atoms with Gasteiger partial charge in [-0.15, -0.1) is 0 Å². The van der Waals surface area contributed by atoms with Crippen molar-refractivity contribution in [3.8, 4) is 11.4 Å². The first-order valence-corrected chi connectivity index (χ1v) is 11.1. The molecule has 0 bridgehead atoms. The average molecular weight is 456 g/mol. The van der Waals surface area contributed by atoms with Gasteiger partial charge in [-0.05, 0) is 17.5 Å².